The van der Waals surface area contributed by atoms with Crippen LogP contribution in [-0.2, 0) is 11.2 Å². The molecule has 0 radical (unpaired) electrons. The standard InChI is InChI=1S/C14H19BrN2O/c1-11-10-17(8-7-16-11)14(18)6-5-12-3-2-4-13(15)9-12/h2-4,9,11,16H,5-8,10H2,1H3/t11-/m0/s1. The third kappa shape index (κ3) is 3.82. The Morgan fingerprint density at radius 1 is 1.56 bits per heavy atom. The molecule has 0 spiro atoms. The third-order valence-electron chi connectivity index (χ3n) is 3.24. The van der Waals surface area contributed by atoms with Crippen LogP contribution in [0, 0.1) is 0 Å². The van der Waals surface area contributed by atoms with Gasteiger partial charge in [0.15, 0.2) is 0 Å². The van der Waals surface area contributed by atoms with Crippen LogP contribution >= 0.6 is 15.9 Å². The molecule has 0 saturated carbocycles. The zero-order valence-corrected chi connectivity index (χ0v) is 12.2. The summed E-state index contributed by atoms with van der Waals surface area (Å²) >= 11 is 3.45. The zero-order valence-electron chi connectivity index (χ0n) is 10.7. The second-order valence-corrected chi connectivity index (χ2v) is 5.74. The predicted molar refractivity (Wildman–Crippen MR) is 76.5 cm³/mol. The number of benzene rings is 1. The number of carbonyl (C=O) groups is 1. The molecular weight excluding hydrogens is 292 g/mol. The number of hydrogen-bond acceptors (Lipinski definition) is 2. The number of nitrogens with one attached hydrogen (secondary N) is 1. The van der Waals surface area contributed by atoms with Gasteiger partial charge in [0.05, 0.1) is 0 Å². The summed E-state index contributed by atoms with van der Waals surface area (Å²) in [6.07, 6.45) is 1.42. The van der Waals surface area contributed by atoms with Gasteiger partial charge in [0.25, 0.3) is 0 Å². The Morgan fingerprint density at radius 3 is 3.11 bits per heavy atom. The number of halogens is 1. The fourth-order valence-corrected chi connectivity index (χ4v) is 2.71. The normalized spacial score (nSPS) is 19.9. The lowest BCUT2D eigenvalue weighted by Gasteiger charge is -2.32. The molecule has 1 aromatic rings. The van der Waals surface area contributed by atoms with E-state index in [4.69, 9.17) is 0 Å². The summed E-state index contributed by atoms with van der Waals surface area (Å²) in [5.74, 6) is 0.267. The highest BCUT2D eigenvalue weighted by molar-refractivity contribution is 9.10. The van der Waals surface area contributed by atoms with E-state index in [9.17, 15) is 4.79 Å². The van der Waals surface area contributed by atoms with Crippen LogP contribution in [0.1, 0.15) is 18.9 Å². The number of rotatable bonds is 3. The molecule has 0 aromatic heterocycles. The molecule has 1 amide bonds. The van der Waals surface area contributed by atoms with E-state index in [2.05, 4.69) is 40.3 Å². The summed E-state index contributed by atoms with van der Waals surface area (Å²) in [6.45, 7) is 4.69. The van der Waals surface area contributed by atoms with E-state index >= 15 is 0 Å². The number of carbonyl (C=O) groups excluding carboxylic acids is 1. The Bertz CT molecular complexity index is 422. The van der Waals surface area contributed by atoms with E-state index in [0.29, 0.717) is 12.5 Å². The van der Waals surface area contributed by atoms with Crippen LogP contribution in [0.25, 0.3) is 0 Å². The molecule has 1 aliphatic rings. The molecule has 1 aromatic carbocycles. The molecule has 0 bridgehead atoms. The molecule has 1 heterocycles. The van der Waals surface area contributed by atoms with Gasteiger partial charge in [-0.15, -0.1) is 0 Å². The summed E-state index contributed by atoms with van der Waals surface area (Å²) in [7, 11) is 0. The summed E-state index contributed by atoms with van der Waals surface area (Å²) < 4.78 is 1.07. The highest BCUT2D eigenvalue weighted by Crippen LogP contribution is 2.13. The van der Waals surface area contributed by atoms with Crippen LogP contribution in [0.2, 0.25) is 0 Å². The fraction of sp³-hybridized carbons (Fsp3) is 0.500. The van der Waals surface area contributed by atoms with E-state index in [0.717, 1.165) is 30.5 Å². The van der Waals surface area contributed by atoms with Gasteiger partial charge in [-0.3, -0.25) is 4.79 Å². The molecule has 1 saturated heterocycles. The van der Waals surface area contributed by atoms with Gasteiger partial charge in [-0.2, -0.15) is 0 Å². The monoisotopic (exact) mass is 310 g/mol. The maximum absolute atomic E-state index is 12.1. The second kappa shape index (κ2) is 6.34. The van der Waals surface area contributed by atoms with E-state index in [1.807, 2.05) is 17.0 Å². The van der Waals surface area contributed by atoms with Gasteiger partial charge in [0.2, 0.25) is 5.91 Å². The molecule has 2 rings (SSSR count). The van der Waals surface area contributed by atoms with Gasteiger partial charge in [-0.1, -0.05) is 28.1 Å². The van der Waals surface area contributed by atoms with Crippen LogP contribution < -0.4 is 5.32 Å². The Balaban J connectivity index is 1.84. The average Bonchev–Trinajstić information content (AvgIpc) is 2.36. The van der Waals surface area contributed by atoms with Crippen molar-refractivity contribution in [2.45, 2.75) is 25.8 Å². The number of aryl methyl sites for hydroxylation is 1. The maximum atomic E-state index is 12.1. The van der Waals surface area contributed by atoms with Gasteiger partial charge in [0, 0.05) is 36.6 Å². The topological polar surface area (TPSA) is 32.3 Å². The van der Waals surface area contributed by atoms with Crippen LogP contribution in [0.15, 0.2) is 28.7 Å². The molecule has 1 atom stereocenters. The lowest BCUT2D eigenvalue weighted by atomic mass is 10.1. The highest BCUT2D eigenvalue weighted by Gasteiger charge is 2.19. The van der Waals surface area contributed by atoms with Crippen LogP contribution in [0.4, 0.5) is 0 Å². The van der Waals surface area contributed by atoms with E-state index in [1.165, 1.54) is 5.56 Å². The van der Waals surface area contributed by atoms with Crippen molar-refractivity contribution in [1.29, 1.82) is 0 Å². The maximum Gasteiger partial charge on any atom is 0.222 e. The average molecular weight is 311 g/mol. The summed E-state index contributed by atoms with van der Waals surface area (Å²) in [6, 6.07) is 8.57. The number of piperazine rings is 1. The second-order valence-electron chi connectivity index (χ2n) is 4.82. The molecule has 1 aliphatic heterocycles. The first-order valence-corrected chi connectivity index (χ1v) is 7.20. The minimum Gasteiger partial charge on any atom is -0.340 e. The van der Waals surface area contributed by atoms with Crippen molar-refractivity contribution < 1.29 is 4.79 Å². The molecule has 98 valence electrons. The molecule has 3 nitrogen and oxygen atoms in total. The largest absolute Gasteiger partial charge is 0.340 e. The lowest BCUT2D eigenvalue weighted by Crippen LogP contribution is -2.51. The number of hydrogen-bond donors (Lipinski definition) is 1. The van der Waals surface area contributed by atoms with Crippen LogP contribution in [0.5, 0.6) is 0 Å². The fourth-order valence-electron chi connectivity index (χ4n) is 2.26. The SMILES string of the molecule is C[C@H]1CN(C(=O)CCc2cccc(Br)c2)CCN1. The summed E-state index contributed by atoms with van der Waals surface area (Å²) in [5, 5.41) is 3.35. The lowest BCUT2D eigenvalue weighted by molar-refractivity contribution is -0.132. The van der Waals surface area contributed by atoms with Crippen molar-refractivity contribution in [3.8, 4) is 0 Å². The van der Waals surface area contributed by atoms with Crippen LogP contribution in [0.3, 0.4) is 0 Å². The van der Waals surface area contributed by atoms with E-state index in [1.54, 1.807) is 0 Å². The smallest absolute Gasteiger partial charge is 0.222 e. The van der Waals surface area contributed by atoms with Gasteiger partial charge in [-0.05, 0) is 31.0 Å². The van der Waals surface area contributed by atoms with Crippen LogP contribution in [-0.4, -0.2) is 36.5 Å². The molecule has 1 fully saturated rings. The first kappa shape index (κ1) is 13.6. The van der Waals surface area contributed by atoms with Crippen molar-refractivity contribution in [2.24, 2.45) is 0 Å². The summed E-state index contributed by atoms with van der Waals surface area (Å²) in [5.41, 5.74) is 1.21. The molecule has 0 unspecified atom stereocenters. The molecule has 18 heavy (non-hydrogen) atoms. The van der Waals surface area contributed by atoms with Crippen molar-refractivity contribution in [1.82, 2.24) is 10.2 Å². The third-order valence-corrected chi connectivity index (χ3v) is 3.73. The number of nitrogens with zero attached hydrogens (tertiary/aromatic N) is 1. The predicted octanol–water partition coefficient (Wildman–Crippen LogP) is 2.20. The Kier molecular flexibility index (Phi) is 4.78. The summed E-state index contributed by atoms with van der Waals surface area (Å²) in [4.78, 5) is 14.1. The molecule has 1 N–H and O–H groups in total. The molecule has 4 heteroatoms. The number of amides is 1. The van der Waals surface area contributed by atoms with Gasteiger partial charge in [0.1, 0.15) is 0 Å². The van der Waals surface area contributed by atoms with Gasteiger partial charge in [-0.25, -0.2) is 0 Å². The minimum atomic E-state index is 0.267. The van der Waals surface area contributed by atoms with E-state index < -0.39 is 0 Å². The van der Waals surface area contributed by atoms with Gasteiger partial charge < -0.3 is 10.2 Å². The Labute approximate surface area is 117 Å². The van der Waals surface area contributed by atoms with Crippen molar-refractivity contribution in [3.63, 3.8) is 0 Å². The molecule has 0 aliphatic carbocycles. The first-order chi connectivity index (χ1) is 8.65. The van der Waals surface area contributed by atoms with E-state index in [-0.39, 0.29) is 5.91 Å². The van der Waals surface area contributed by atoms with Crippen molar-refractivity contribution >= 4 is 21.8 Å². The van der Waals surface area contributed by atoms with Crippen molar-refractivity contribution in [2.75, 3.05) is 19.6 Å². The molecular formula is C14H19BrN2O. The quantitative estimate of drug-likeness (QED) is 0.928. The zero-order chi connectivity index (χ0) is 13.0. The Hall–Kier alpha value is -0.870. The minimum absolute atomic E-state index is 0.267. The Morgan fingerprint density at radius 2 is 2.39 bits per heavy atom. The van der Waals surface area contributed by atoms with Crippen molar-refractivity contribution in [3.05, 3.63) is 34.3 Å². The highest BCUT2D eigenvalue weighted by atomic mass is 79.9. The van der Waals surface area contributed by atoms with Gasteiger partial charge >= 0.3 is 0 Å². The first-order valence-electron chi connectivity index (χ1n) is 6.41.